The average molecular weight is 644 g/mol. The molecule has 2 saturated heterocycles. The summed E-state index contributed by atoms with van der Waals surface area (Å²) >= 11 is 0. The maximum absolute atomic E-state index is 13.3. The number of carbonyl (C=O) groups is 3. The first-order valence-electron chi connectivity index (χ1n) is 16.7. The Hall–Kier alpha value is -5.12. The molecule has 9 heteroatoms. The van der Waals surface area contributed by atoms with E-state index in [1.807, 2.05) is 110 Å². The maximum atomic E-state index is 13.3. The third kappa shape index (κ3) is 8.05. The molecular weight excluding hydrogens is 602 g/mol. The van der Waals surface area contributed by atoms with Gasteiger partial charge in [-0.25, -0.2) is 0 Å². The highest BCUT2D eigenvalue weighted by Gasteiger charge is 2.35. The number of likely N-dealkylation sites (tertiary alicyclic amines) is 1. The van der Waals surface area contributed by atoms with E-state index >= 15 is 0 Å². The molecule has 3 heterocycles. The van der Waals surface area contributed by atoms with Gasteiger partial charge in [-0.2, -0.15) is 5.06 Å². The van der Waals surface area contributed by atoms with Crippen LogP contribution in [0.15, 0.2) is 97.2 Å². The standard InChI is InChI=1S/C39H41N5O4/c1-2-30-9-3-4-11-34(30)39(47)43-25-7-12-35(43)37(45)41-31-20-16-28(17-21-31)14-15-29-18-22-32(23-19-29)42-38(46)36-13-8-26-44(36)48-27-33-10-5-6-24-40-33/h3-6,9-11,14-24,35-36H,2,7-8,12-13,25-27H2,1H3,(H,41,45)(H,42,46)/b15-14+/t35-,36-/m0/s1. The first-order chi connectivity index (χ1) is 23.5. The normalized spacial score (nSPS) is 17.9. The molecule has 2 N–H and O–H groups in total. The van der Waals surface area contributed by atoms with Crippen molar-refractivity contribution in [2.45, 2.75) is 57.7 Å². The lowest BCUT2D eigenvalue weighted by atomic mass is 10.0. The van der Waals surface area contributed by atoms with Gasteiger partial charge in [0.25, 0.3) is 5.91 Å². The van der Waals surface area contributed by atoms with Gasteiger partial charge in [0.1, 0.15) is 18.7 Å². The summed E-state index contributed by atoms with van der Waals surface area (Å²) in [7, 11) is 0. The van der Waals surface area contributed by atoms with Crippen molar-refractivity contribution in [3.63, 3.8) is 0 Å². The monoisotopic (exact) mass is 643 g/mol. The Labute approximate surface area is 281 Å². The zero-order valence-corrected chi connectivity index (χ0v) is 27.2. The molecule has 246 valence electrons. The number of amides is 3. The number of hydrogen-bond acceptors (Lipinski definition) is 6. The fourth-order valence-electron chi connectivity index (χ4n) is 6.26. The number of carbonyl (C=O) groups excluding carboxylic acids is 3. The fraction of sp³-hybridized carbons (Fsp3) is 0.282. The van der Waals surface area contributed by atoms with Gasteiger partial charge in [-0.15, -0.1) is 0 Å². The number of hydrogen-bond donors (Lipinski definition) is 2. The predicted octanol–water partition coefficient (Wildman–Crippen LogP) is 6.59. The van der Waals surface area contributed by atoms with Crippen LogP contribution in [0.25, 0.3) is 12.2 Å². The van der Waals surface area contributed by atoms with Crippen LogP contribution in [0.4, 0.5) is 11.4 Å². The Kier molecular flexibility index (Phi) is 10.7. The summed E-state index contributed by atoms with van der Waals surface area (Å²) in [5.74, 6) is -0.329. The third-order valence-electron chi connectivity index (χ3n) is 8.88. The molecule has 0 saturated carbocycles. The minimum absolute atomic E-state index is 0.0801. The van der Waals surface area contributed by atoms with Crippen LogP contribution in [-0.4, -0.2) is 57.8 Å². The third-order valence-corrected chi connectivity index (χ3v) is 8.88. The molecule has 2 atom stereocenters. The zero-order valence-electron chi connectivity index (χ0n) is 27.2. The number of hydroxylamine groups is 2. The number of nitrogens with zero attached hydrogens (tertiary/aromatic N) is 3. The van der Waals surface area contributed by atoms with E-state index in [0.717, 1.165) is 53.8 Å². The highest BCUT2D eigenvalue weighted by atomic mass is 16.7. The Bertz CT molecular complexity index is 1740. The van der Waals surface area contributed by atoms with Gasteiger partial charge in [-0.1, -0.05) is 67.6 Å². The topological polar surface area (TPSA) is 104 Å². The van der Waals surface area contributed by atoms with Crippen molar-refractivity contribution < 1.29 is 19.2 Å². The van der Waals surface area contributed by atoms with E-state index in [4.69, 9.17) is 4.84 Å². The van der Waals surface area contributed by atoms with Crippen molar-refractivity contribution in [3.05, 3.63) is 125 Å². The van der Waals surface area contributed by atoms with Crippen LogP contribution in [0.2, 0.25) is 0 Å². The molecule has 3 amide bonds. The molecule has 1 aromatic heterocycles. The minimum Gasteiger partial charge on any atom is -0.327 e. The Morgan fingerprint density at radius 1 is 0.771 bits per heavy atom. The molecule has 0 unspecified atom stereocenters. The molecule has 6 rings (SSSR count). The van der Waals surface area contributed by atoms with Crippen molar-refractivity contribution in [1.29, 1.82) is 0 Å². The van der Waals surface area contributed by atoms with Crippen LogP contribution < -0.4 is 10.6 Å². The molecule has 9 nitrogen and oxygen atoms in total. The number of benzene rings is 3. The molecule has 0 aliphatic carbocycles. The fourth-order valence-corrected chi connectivity index (χ4v) is 6.26. The quantitative estimate of drug-likeness (QED) is 0.179. The molecule has 2 fully saturated rings. The highest BCUT2D eigenvalue weighted by molar-refractivity contribution is 6.02. The van der Waals surface area contributed by atoms with Crippen molar-refractivity contribution >= 4 is 41.2 Å². The second-order valence-corrected chi connectivity index (χ2v) is 12.1. The molecule has 0 radical (unpaired) electrons. The van der Waals surface area contributed by atoms with E-state index in [1.165, 1.54) is 0 Å². The largest absolute Gasteiger partial charge is 0.327 e. The molecular formula is C39H41N5O4. The van der Waals surface area contributed by atoms with Crippen molar-refractivity contribution in [3.8, 4) is 0 Å². The van der Waals surface area contributed by atoms with E-state index in [1.54, 1.807) is 16.2 Å². The van der Waals surface area contributed by atoms with Crippen LogP contribution in [-0.2, 0) is 27.5 Å². The summed E-state index contributed by atoms with van der Waals surface area (Å²) in [6, 6.07) is 27.8. The maximum Gasteiger partial charge on any atom is 0.254 e. The lowest BCUT2D eigenvalue weighted by Gasteiger charge is -2.25. The first kappa shape index (κ1) is 32.8. The molecule has 0 bridgehead atoms. The molecule has 0 spiro atoms. The lowest BCUT2D eigenvalue weighted by Crippen LogP contribution is -2.43. The van der Waals surface area contributed by atoms with Crippen LogP contribution in [0.1, 0.15) is 65.3 Å². The molecule has 2 aliphatic rings. The summed E-state index contributed by atoms with van der Waals surface area (Å²) < 4.78 is 0. The van der Waals surface area contributed by atoms with Gasteiger partial charge < -0.3 is 15.5 Å². The molecule has 2 aliphatic heterocycles. The zero-order chi connectivity index (χ0) is 33.3. The van der Waals surface area contributed by atoms with Crippen LogP contribution >= 0.6 is 0 Å². The van der Waals surface area contributed by atoms with Crippen LogP contribution in [0.3, 0.4) is 0 Å². The van der Waals surface area contributed by atoms with Crippen LogP contribution in [0.5, 0.6) is 0 Å². The van der Waals surface area contributed by atoms with Crippen molar-refractivity contribution in [2.24, 2.45) is 0 Å². The van der Waals surface area contributed by atoms with Gasteiger partial charge >= 0.3 is 0 Å². The SMILES string of the molecule is CCc1ccccc1C(=O)N1CCC[C@H]1C(=O)Nc1ccc(/C=C/c2ccc(NC(=O)[C@@H]3CCCN3OCc3ccccn3)cc2)cc1. The van der Waals surface area contributed by atoms with Gasteiger partial charge in [0.15, 0.2) is 0 Å². The predicted molar refractivity (Wildman–Crippen MR) is 188 cm³/mol. The minimum atomic E-state index is -0.489. The summed E-state index contributed by atoms with van der Waals surface area (Å²) in [5, 5.41) is 7.78. The number of aromatic nitrogens is 1. The lowest BCUT2D eigenvalue weighted by molar-refractivity contribution is -0.182. The van der Waals surface area contributed by atoms with Crippen molar-refractivity contribution in [2.75, 3.05) is 23.7 Å². The number of pyridine rings is 1. The van der Waals surface area contributed by atoms with Gasteiger partial charge in [-0.05, 0) is 91.3 Å². The smallest absolute Gasteiger partial charge is 0.254 e. The summed E-state index contributed by atoms with van der Waals surface area (Å²) in [4.78, 5) is 51.5. The van der Waals surface area contributed by atoms with Gasteiger partial charge in [0, 0.05) is 36.2 Å². The molecule has 48 heavy (non-hydrogen) atoms. The highest BCUT2D eigenvalue weighted by Crippen LogP contribution is 2.25. The van der Waals surface area contributed by atoms with Crippen molar-refractivity contribution in [1.82, 2.24) is 14.9 Å². The second-order valence-electron chi connectivity index (χ2n) is 12.1. The van der Waals surface area contributed by atoms with Crippen LogP contribution in [0, 0.1) is 0 Å². The number of nitrogens with one attached hydrogen (secondary N) is 2. The number of rotatable bonds is 11. The van der Waals surface area contributed by atoms with E-state index in [0.29, 0.717) is 37.4 Å². The number of aryl methyl sites for hydroxylation is 1. The number of anilines is 2. The molecule has 4 aromatic rings. The second kappa shape index (κ2) is 15.6. The van der Waals surface area contributed by atoms with E-state index in [2.05, 4.69) is 15.6 Å². The Balaban J connectivity index is 0.992. The van der Waals surface area contributed by atoms with Gasteiger partial charge in [-0.3, -0.25) is 24.2 Å². The van der Waals surface area contributed by atoms with E-state index < -0.39 is 6.04 Å². The first-order valence-corrected chi connectivity index (χ1v) is 16.7. The van der Waals surface area contributed by atoms with Gasteiger partial charge in [0.05, 0.1) is 5.69 Å². The average Bonchev–Trinajstić information content (AvgIpc) is 3.82. The summed E-state index contributed by atoms with van der Waals surface area (Å²) in [5.41, 5.74) is 5.88. The summed E-state index contributed by atoms with van der Waals surface area (Å²) in [6.45, 7) is 3.65. The van der Waals surface area contributed by atoms with Gasteiger partial charge in [0.2, 0.25) is 11.8 Å². The van der Waals surface area contributed by atoms with E-state index in [9.17, 15) is 14.4 Å². The Morgan fingerprint density at radius 3 is 2.02 bits per heavy atom. The van der Waals surface area contributed by atoms with E-state index in [-0.39, 0.29) is 23.8 Å². The summed E-state index contributed by atoms with van der Waals surface area (Å²) in [6.07, 6.45) is 9.58. The molecule has 3 aromatic carbocycles. The Morgan fingerprint density at radius 2 is 1.38 bits per heavy atom.